The summed E-state index contributed by atoms with van der Waals surface area (Å²) in [6.45, 7) is 8.52. The SMILES string of the molecule is CCOc1ccc(Cc2cc(C3CCCC(COC(=O)C(C)(C)C)O3)ccc2Cl)cc1. The summed E-state index contributed by atoms with van der Waals surface area (Å²) < 4.78 is 17.3. The molecule has 2 unspecified atom stereocenters. The zero-order chi connectivity index (χ0) is 22.4. The Labute approximate surface area is 190 Å². The molecule has 4 nitrogen and oxygen atoms in total. The van der Waals surface area contributed by atoms with Gasteiger partial charge in [0.05, 0.1) is 24.2 Å². The number of halogens is 1. The Balaban J connectivity index is 1.65. The maximum Gasteiger partial charge on any atom is 0.311 e. The summed E-state index contributed by atoms with van der Waals surface area (Å²) >= 11 is 6.50. The standard InChI is InChI=1S/C26H33ClO4/c1-5-29-21-12-9-18(10-13-21)15-20-16-19(11-14-23(20)27)24-8-6-7-22(31-24)17-30-25(28)26(2,3)4/h9-14,16,22,24H,5-8,15,17H2,1-4H3. The van der Waals surface area contributed by atoms with Crippen LogP contribution in [0.5, 0.6) is 5.75 Å². The van der Waals surface area contributed by atoms with Crippen molar-refractivity contribution in [1.29, 1.82) is 0 Å². The lowest BCUT2D eigenvalue weighted by atomic mass is 9.95. The predicted molar refractivity (Wildman–Crippen MR) is 124 cm³/mol. The first kappa shape index (κ1) is 23.6. The largest absolute Gasteiger partial charge is 0.494 e. The van der Waals surface area contributed by atoms with E-state index in [1.165, 1.54) is 5.56 Å². The molecule has 0 aromatic heterocycles. The molecule has 1 fully saturated rings. The molecule has 0 amide bonds. The summed E-state index contributed by atoms with van der Waals surface area (Å²) in [6, 6.07) is 14.3. The second kappa shape index (κ2) is 10.5. The van der Waals surface area contributed by atoms with Crippen LogP contribution in [0.1, 0.15) is 69.8 Å². The minimum atomic E-state index is -0.500. The van der Waals surface area contributed by atoms with Gasteiger partial charge in [0.25, 0.3) is 0 Å². The number of ether oxygens (including phenoxy) is 3. The van der Waals surface area contributed by atoms with Crippen LogP contribution in [0.15, 0.2) is 42.5 Å². The van der Waals surface area contributed by atoms with Crippen molar-refractivity contribution in [3.8, 4) is 5.75 Å². The third kappa shape index (κ3) is 6.72. The molecule has 0 radical (unpaired) electrons. The normalized spacial score (nSPS) is 19.1. The summed E-state index contributed by atoms with van der Waals surface area (Å²) in [5.74, 6) is 0.683. The molecule has 3 rings (SSSR count). The van der Waals surface area contributed by atoms with E-state index in [2.05, 4.69) is 18.2 Å². The fraction of sp³-hybridized carbons (Fsp3) is 0.500. The van der Waals surface area contributed by atoms with Crippen molar-refractivity contribution in [2.24, 2.45) is 5.41 Å². The van der Waals surface area contributed by atoms with Crippen LogP contribution in [0.4, 0.5) is 0 Å². The van der Waals surface area contributed by atoms with Crippen molar-refractivity contribution in [3.63, 3.8) is 0 Å². The highest BCUT2D eigenvalue weighted by atomic mass is 35.5. The van der Waals surface area contributed by atoms with Crippen LogP contribution < -0.4 is 4.74 Å². The smallest absolute Gasteiger partial charge is 0.311 e. The molecule has 0 N–H and O–H groups in total. The van der Waals surface area contributed by atoms with Gasteiger partial charge in [-0.25, -0.2) is 0 Å². The van der Waals surface area contributed by atoms with E-state index in [1.807, 2.05) is 52.0 Å². The topological polar surface area (TPSA) is 44.8 Å². The van der Waals surface area contributed by atoms with E-state index in [-0.39, 0.29) is 18.2 Å². The lowest BCUT2D eigenvalue weighted by Gasteiger charge is -2.31. The molecular formula is C26H33ClO4. The van der Waals surface area contributed by atoms with Gasteiger partial charge in [0.2, 0.25) is 0 Å². The fourth-order valence-corrected chi connectivity index (χ4v) is 3.86. The van der Waals surface area contributed by atoms with Crippen LogP contribution in [0.2, 0.25) is 5.02 Å². The van der Waals surface area contributed by atoms with Crippen molar-refractivity contribution in [1.82, 2.24) is 0 Å². The summed E-state index contributed by atoms with van der Waals surface area (Å²) in [4.78, 5) is 12.1. The van der Waals surface area contributed by atoms with Crippen LogP contribution >= 0.6 is 11.6 Å². The van der Waals surface area contributed by atoms with Gasteiger partial charge in [-0.2, -0.15) is 0 Å². The Bertz CT molecular complexity index is 870. The number of benzene rings is 2. The molecule has 1 aliphatic heterocycles. The molecule has 0 aliphatic carbocycles. The highest BCUT2D eigenvalue weighted by Crippen LogP contribution is 2.34. The zero-order valence-electron chi connectivity index (χ0n) is 18.9. The Morgan fingerprint density at radius 2 is 1.87 bits per heavy atom. The molecule has 168 valence electrons. The zero-order valence-corrected chi connectivity index (χ0v) is 19.7. The lowest BCUT2D eigenvalue weighted by molar-refractivity contribution is -0.161. The van der Waals surface area contributed by atoms with Gasteiger partial charge in [-0.3, -0.25) is 4.79 Å². The molecule has 2 atom stereocenters. The molecule has 1 aliphatic rings. The molecule has 1 saturated heterocycles. The number of carbonyl (C=O) groups is 1. The summed E-state index contributed by atoms with van der Waals surface area (Å²) in [7, 11) is 0. The third-order valence-corrected chi connectivity index (χ3v) is 5.80. The maximum absolute atomic E-state index is 12.1. The van der Waals surface area contributed by atoms with E-state index < -0.39 is 5.41 Å². The van der Waals surface area contributed by atoms with Crippen molar-refractivity contribution < 1.29 is 19.0 Å². The van der Waals surface area contributed by atoms with Crippen molar-refractivity contribution in [2.75, 3.05) is 13.2 Å². The fourth-order valence-electron chi connectivity index (χ4n) is 3.67. The number of esters is 1. The van der Waals surface area contributed by atoms with Gasteiger partial charge in [-0.15, -0.1) is 0 Å². The molecule has 1 heterocycles. The van der Waals surface area contributed by atoms with Gasteiger partial charge < -0.3 is 14.2 Å². The predicted octanol–water partition coefficient (Wildman–Crippen LogP) is 6.53. The van der Waals surface area contributed by atoms with Gasteiger partial charge >= 0.3 is 5.97 Å². The molecule has 5 heteroatoms. The van der Waals surface area contributed by atoms with Crippen LogP contribution in [-0.4, -0.2) is 25.3 Å². The molecule has 0 bridgehead atoms. The number of carbonyl (C=O) groups excluding carboxylic acids is 1. The van der Waals surface area contributed by atoms with Gasteiger partial charge in [0.15, 0.2) is 0 Å². The first-order chi connectivity index (χ1) is 14.8. The van der Waals surface area contributed by atoms with Crippen molar-refractivity contribution >= 4 is 17.6 Å². The van der Waals surface area contributed by atoms with Crippen molar-refractivity contribution in [2.45, 2.75) is 65.6 Å². The third-order valence-electron chi connectivity index (χ3n) is 5.43. The Morgan fingerprint density at radius 1 is 1.13 bits per heavy atom. The van der Waals surface area contributed by atoms with Gasteiger partial charge in [0.1, 0.15) is 12.4 Å². The van der Waals surface area contributed by atoms with Gasteiger partial charge in [-0.1, -0.05) is 35.9 Å². The van der Waals surface area contributed by atoms with E-state index in [0.717, 1.165) is 47.6 Å². The highest BCUT2D eigenvalue weighted by Gasteiger charge is 2.28. The molecule has 0 spiro atoms. The van der Waals surface area contributed by atoms with E-state index in [9.17, 15) is 4.79 Å². The molecule has 31 heavy (non-hydrogen) atoms. The summed E-state index contributed by atoms with van der Waals surface area (Å²) in [5.41, 5.74) is 2.88. The van der Waals surface area contributed by atoms with Crippen LogP contribution in [0.3, 0.4) is 0 Å². The van der Waals surface area contributed by atoms with E-state index in [4.69, 9.17) is 25.8 Å². The highest BCUT2D eigenvalue weighted by molar-refractivity contribution is 6.31. The first-order valence-corrected chi connectivity index (χ1v) is 11.5. The molecule has 2 aromatic rings. The first-order valence-electron chi connectivity index (χ1n) is 11.1. The van der Waals surface area contributed by atoms with Crippen molar-refractivity contribution in [3.05, 3.63) is 64.2 Å². The second-order valence-electron chi connectivity index (χ2n) is 9.13. The van der Waals surface area contributed by atoms with Crippen LogP contribution in [0, 0.1) is 5.41 Å². The second-order valence-corrected chi connectivity index (χ2v) is 9.54. The minimum Gasteiger partial charge on any atom is -0.494 e. The van der Waals surface area contributed by atoms with Crippen LogP contribution in [0.25, 0.3) is 0 Å². The number of hydrogen-bond donors (Lipinski definition) is 0. The average Bonchev–Trinajstić information content (AvgIpc) is 2.74. The maximum atomic E-state index is 12.1. The van der Waals surface area contributed by atoms with Crippen LogP contribution in [-0.2, 0) is 20.7 Å². The molecular weight excluding hydrogens is 412 g/mol. The van der Waals surface area contributed by atoms with E-state index >= 15 is 0 Å². The van der Waals surface area contributed by atoms with Gasteiger partial charge in [-0.05, 0) is 88.3 Å². The number of rotatable bonds is 7. The van der Waals surface area contributed by atoms with E-state index in [1.54, 1.807) is 0 Å². The molecule has 0 saturated carbocycles. The van der Waals surface area contributed by atoms with Gasteiger partial charge in [0, 0.05) is 5.02 Å². The number of hydrogen-bond acceptors (Lipinski definition) is 4. The lowest BCUT2D eigenvalue weighted by Crippen LogP contribution is -2.31. The Morgan fingerprint density at radius 3 is 2.55 bits per heavy atom. The average molecular weight is 445 g/mol. The monoisotopic (exact) mass is 444 g/mol. The minimum absolute atomic E-state index is 0.0107. The summed E-state index contributed by atoms with van der Waals surface area (Å²) in [5, 5.41) is 0.754. The Hall–Kier alpha value is -2.04. The quantitative estimate of drug-likeness (QED) is 0.455. The van der Waals surface area contributed by atoms with E-state index in [0.29, 0.717) is 13.2 Å². The molecule has 2 aromatic carbocycles. The summed E-state index contributed by atoms with van der Waals surface area (Å²) in [6.07, 6.45) is 3.56. The Kier molecular flexibility index (Phi) is 8.01.